The number of carbonyl (C=O) groups excluding carboxylic acids is 1. The molecule has 0 heterocycles. The van der Waals surface area contributed by atoms with Gasteiger partial charge >= 0.3 is 0 Å². The number of benzene rings is 1. The Balaban J connectivity index is 2.99. The summed E-state index contributed by atoms with van der Waals surface area (Å²) in [6.45, 7) is 6.25. The fourth-order valence-corrected chi connectivity index (χ4v) is 1.60. The highest BCUT2D eigenvalue weighted by atomic mass is 16.5. The van der Waals surface area contributed by atoms with Gasteiger partial charge in [-0.3, -0.25) is 4.79 Å². The molecule has 94 valence electrons. The average molecular weight is 236 g/mol. The Bertz CT molecular complexity index is 381. The van der Waals surface area contributed by atoms with Crippen LogP contribution < -0.4 is 4.74 Å². The molecule has 0 radical (unpaired) electrons. The predicted octanol–water partition coefficient (Wildman–Crippen LogP) is 3.08. The third-order valence-corrected chi connectivity index (χ3v) is 3.01. The number of rotatable bonds is 6. The molecule has 1 rings (SSSR count). The molecular weight excluding hydrogens is 216 g/mol. The lowest BCUT2D eigenvalue weighted by molar-refractivity contribution is 0.0106. The molecule has 0 saturated carbocycles. The van der Waals surface area contributed by atoms with Gasteiger partial charge in [0.15, 0.2) is 5.78 Å². The van der Waals surface area contributed by atoms with Gasteiger partial charge in [-0.05, 0) is 32.4 Å². The third-order valence-electron chi connectivity index (χ3n) is 3.01. The summed E-state index contributed by atoms with van der Waals surface area (Å²) in [6.07, 6.45) is 0.640. The number of carbonyl (C=O) groups is 1. The SMILES string of the molecule is CCOc1cccc(C(=O)C(C)(CC)OC)c1. The second kappa shape index (κ2) is 5.82. The van der Waals surface area contributed by atoms with Crippen LogP contribution in [0.4, 0.5) is 0 Å². The number of ketones is 1. The summed E-state index contributed by atoms with van der Waals surface area (Å²) in [5, 5.41) is 0. The number of hydrogen-bond acceptors (Lipinski definition) is 3. The summed E-state index contributed by atoms with van der Waals surface area (Å²) >= 11 is 0. The maximum absolute atomic E-state index is 12.3. The largest absolute Gasteiger partial charge is 0.494 e. The average Bonchev–Trinajstić information content (AvgIpc) is 2.37. The minimum Gasteiger partial charge on any atom is -0.494 e. The van der Waals surface area contributed by atoms with Gasteiger partial charge in [-0.2, -0.15) is 0 Å². The lowest BCUT2D eigenvalue weighted by atomic mass is 9.92. The number of methoxy groups -OCH3 is 1. The van der Waals surface area contributed by atoms with Crippen molar-refractivity contribution in [3.63, 3.8) is 0 Å². The lowest BCUT2D eigenvalue weighted by Gasteiger charge is -2.25. The van der Waals surface area contributed by atoms with Crippen LogP contribution in [0.2, 0.25) is 0 Å². The fourth-order valence-electron chi connectivity index (χ4n) is 1.60. The maximum Gasteiger partial charge on any atom is 0.194 e. The zero-order chi connectivity index (χ0) is 12.9. The van der Waals surface area contributed by atoms with Crippen LogP contribution in [0, 0.1) is 0 Å². The molecule has 1 aromatic carbocycles. The van der Waals surface area contributed by atoms with E-state index in [0.717, 1.165) is 0 Å². The first-order valence-corrected chi connectivity index (χ1v) is 5.90. The van der Waals surface area contributed by atoms with Crippen LogP contribution in [-0.4, -0.2) is 25.1 Å². The Morgan fingerprint density at radius 3 is 2.59 bits per heavy atom. The zero-order valence-electron chi connectivity index (χ0n) is 10.9. The molecule has 3 heteroatoms. The van der Waals surface area contributed by atoms with E-state index in [1.54, 1.807) is 19.2 Å². The molecule has 0 bridgehead atoms. The van der Waals surface area contributed by atoms with Crippen molar-refractivity contribution in [2.24, 2.45) is 0 Å². The van der Waals surface area contributed by atoms with Crippen molar-refractivity contribution >= 4 is 5.78 Å². The van der Waals surface area contributed by atoms with E-state index in [1.165, 1.54) is 0 Å². The van der Waals surface area contributed by atoms with Gasteiger partial charge in [-0.15, -0.1) is 0 Å². The number of Topliss-reactive ketones (excluding diaryl/α,β-unsaturated/α-hetero) is 1. The molecule has 17 heavy (non-hydrogen) atoms. The molecule has 0 spiro atoms. The monoisotopic (exact) mass is 236 g/mol. The first-order valence-electron chi connectivity index (χ1n) is 5.90. The lowest BCUT2D eigenvalue weighted by Crippen LogP contribution is -2.36. The smallest absolute Gasteiger partial charge is 0.194 e. The molecule has 1 aromatic rings. The van der Waals surface area contributed by atoms with E-state index in [4.69, 9.17) is 9.47 Å². The van der Waals surface area contributed by atoms with Crippen LogP contribution in [0.15, 0.2) is 24.3 Å². The van der Waals surface area contributed by atoms with Gasteiger partial charge in [0.1, 0.15) is 11.4 Å². The van der Waals surface area contributed by atoms with E-state index in [-0.39, 0.29) is 5.78 Å². The summed E-state index contributed by atoms with van der Waals surface area (Å²) in [5.41, 5.74) is -0.132. The maximum atomic E-state index is 12.3. The molecule has 1 unspecified atom stereocenters. The second-order valence-corrected chi connectivity index (χ2v) is 4.08. The Morgan fingerprint density at radius 1 is 1.35 bits per heavy atom. The van der Waals surface area contributed by atoms with E-state index < -0.39 is 5.60 Å². The van der Waals surface area contributed by atoms with Gasteiger partial charge in [-0.25, -0.2) is 0 Å². The Kier molecular flexibility index (Phi) is 4.70. The van der Waals surface area contributed by atoms with Gasteiger partial charge in [0, 0.05) is 12.7 Å². The molecule has 0 fully saturated rings. The first kappa shape index (κ1) is 13.7. The van der Waals surface area contributed by atoms with Gasteiger partial charge in [0.05, 0.1) is 6.61 Å². The predicted molar refractivity (Wildman–Crippen MR) is 67.6 cm³/mol. The molecular formula is C14H20O3. The minimum atomic E-state index is -0.759. The van der Waals surface area contributed by atoms with Crippen molar-refractivity contribution in [3.8, 4) is 5.75 Å². The summed E-state index contributed by atoms with van der Waals surface area (Å²) < 4.78 is 10.7. The van der Waals surface area contributed by atoms with Crippen molar-refractivity contribution in [1.82, 2.24) is 0 Å². The van der Waals surface area contributed by atoms with Crippen LogP contribution in [0.1, 0.15) is 37.6 Å². The Labute approximate surface area is 103 Å². The van der Waals surface area contributed by atoms with Gasteiger partial charge in [0.2, 0.25) is 0 Å². The molecule has 0 aromatic heterocycles. The van der Waals surface area contributed by atoms with Crippen LogP contribution in [0.5, 0.6) is 5.75 Å². The molecule has 0 amide bonds. The van der Waals surface area contributed by atoms with E-state index in [1.807, 2.05) is 32.9 Å². The standard InChI is InChI=1S/C14H20O3/c1-5-14(3,16-4)13(15)11-8-7-9-12(10-11)17-6-2/h7-10H,5-6H2,1-4H3. The number of ether oxygens (including phenoxy) is 2. The molecule has 0 aliphatic heterocycles. The minimum absolute atomic E-state index is 0.0101. The topological polar surface area (TPSA) is 35.5 Å². The van der Waals surface area contributed by atoms with Crippen molar-refractivity contribution in [2.75, 3.05) is 13.7 Å². The van der Waals surface area contributed by atoms with E-state index in [0.29, 0.717) is 24.3 Å². The van der Waals surface area contributed by atoms with Crippen LogP contribution in [0.25, 0.3) is 0 Å². The van der Waals surface area contributed by atoms with Crippen LogP contribution >= 0.6 is 0 Å². The van der Waals surface area contributed by atoms with Crippen molar-refractivity contribution in [2.45, 2.75) is 32.8 Å². The Hall–Kier alpha value is -1.35. The van der Waals surface area contributed by atoms with Gasteiger partial charge in [-0.1, -0.05) is 19.1 Å². The van der Waals surface area contributed by atoms with Crippen molar-refractivity contribution in [1.29, 1.82) is 0 Å². The zero-order valence-corrected chi connectivity index (χ0v) is 10.9. The molecule has 0 saturated heterocycles. The van der Waals surface area contributed by atoms with Crippen LogP contribution in [0.3, 0.4) is 0 Å². The molecule has 1 atom stereocenters. The molecule has 0 N–H and O–H groups in total. The van der Waals surface area contributed by atoms with Gasteiger partial charge < -0.3 is 9.47 Å². The summed E-state index contributed by atoms with van der Waals surface area (Å²) in [6, 6.07) is 7.22. The summed E-state index contributed by atoms with van der Waals surface area (Å²) in [4.78, 5) is 12.3. The molecule has 0 aliphatic rings. The highest BCUT2D eigenvalue weighted by molar-refractivity contribution is 6.02. The number of hydrogen-bond donors (Lipinski definition) is 0. The first-order chi connectivity index (χ1) is 8.07. The molecule has 0 aliphatic carbocycles. The second-order valence-electron chi connectivity index (χ2n) is 4.08. The normalized spacial score (nSPS) is 14.1. The highest BCUT2D eigenvalue weighted by Crippen LogP contribution is 2.23. The third kappa shape index (κ3) is 3.07. The summed E-state index contributed by atoms with van der Waals surface area (Å²) in [7, 11) is 1.56. The quantitative estimate of drug-likeness (QED) is 0.712. The molecule has 3 nitrogen and oxygen atoms in total. The highest BCUT2D eigenvalue weighted by Gasteiger charge is 2.31. The van der Waals surface area contributed by atoms with Gasteiger partial charge in [0.25, 0.3) is 0 Å². The van der Waals surface area contributed by atoms with E-state index in [9.17, 15) is 4.79 Å². The van der Waals surface area contributed by atoms with Crippen LogP contribution in [-0.2, 0) is 4.74 Å². The fraction of sp³-hybridized carbons (Fsp3) is 0.500. The summed E-state index contributed by atoms with van der Waals surface area (Å²) in [5.74, 6) is 0.706. The van der Waals surface area contributed by atoms with Crippen molar-refractivity contribution < 1.29 is 14.3 Å². The van der Waals surface area contributed by atoms with Crippen molar-refractivity contribution in [3.05, 3.63) is 29.8 Å². The Morgan fingerprint density at radius 2 is 2.06 bits per heavy atom. The van der Waals surface area contributed by atoms with E-state index >= 15 is 0 Å². The van der Waals surface area contributed by atoms with E-state index in [2.05, 4.69) is 0 Å².